The van der Waals surface area contributed by atoms with Gasteiger partial charge < -0.3 is 15.7 Å². The van der Waals surface area contributed by atoms with E-state index in [1.807, 2.05) is 26.0 Å². The predicted octanol–water partition coefficient (Wildman–Crippen LogP) is 2.07. The maximum Gasteiger partial charge on any atom is 0.314 e. The Morgan fingerprint density at radius 3 is 2.48 bits per heavy atom. The second kappa shape index (κ2) is 7.98. The topological polar surface area (TPSA) is 74.2 Å². The van der Waals surface area contributed by atoms with Gasteiger partial charge in [-0.05, 0) is 30.0 Å². The van der Waals surface area contributed by atoms with Crippen LogP contribution in [0.1, 0.15) is 39.7 Å². The molecule has 1 aromatic heterocycles. The number of urea groups is 1. The van der Waals surface area contributed by atoms with Gasteiger partial charge in [0.15, 0.2) is 0 Å². The largest absolute Gasteiger partial charge is 0.393 e. The fourth-order valence-electron chi connectivity index (χ4n) is 1.94. The molecule has 3 N–H and O–H groups in total. The normalized spacial score (nSPS) is 13.0. The Morgan fingerprint density at radius 1 is 1.29 bits per heavy atom. The van der Waals surface area contributed by atoms with Crippen molar-refractivity contribution in [2.45, 2.75) is 45.6 Å². The van der Waals surface area contributed by atoms with E-state index in [9.17, 15) is 9.90 Å². The molecular formula is C16H27N3O2. The summed E-state index contributed by atoms with van der Waals surface area (Å²) in [6, 6.07) is 3.71. The molecule has 0 radical (unpaired) electrons. The standard InChI is InChI=1S/C16H27N3O2/c1-12(2)14(20)7-10-18-15(21)19-11-16(3,4)13-5-8-17-9-6-13/h5-6,8-9,12,14,20H,7,10-11H2,1-4H3,(H2,18,19,21). The van der Waals surface area contributed by atoms with Gasteiger partial charge in [0.1, 0.15) is 0 Å². The molecule has 1 atom stereocenters. The summed E-state index contributed by atoms with van der Waals surface area (Å²) in [5, 5.41) is 15.3. The van der Waals surface area contributed by atoms with Gasteiger partial charge in [0.2, 0.25) is 0 Å². The van der Waals surface area contributed by atoms with Crippen LogP contribution in [-0.2, 0) is 5.41 Å². The van der Waals surface area contributed by atoms with E-state index in [1.165, 1.54) is 0 Å². The van der Waals surface area contributed by atoms with Gasteiger partial charge in [0.25, 0.3) is 0 Å². The maximum atomic E-state index is 11.8. The minimum Gasteiger partial charge on any atom is -0.393 e. The van der Waals surface area contributed by atoms with Crippen LogP contribution in [0.25, 0.3) is 0 Å². The molecule has 1 unspecified atom stereocenters. The quantitative estimate of drug-likeness (QED) is 0.720. The molecule has 2 amide bonds. The lowest BCUT2D eigenvalue weighted by Crippen LogP contribution is -2.43. The molecule has 0 bridgehead atoms. The highest BCUT2D eigenvalue weighted by Crippen LogP contribution is 2.20. The van der Waals surface area contributed by atoms with E-state index in [4.69, 9.17) is 0 Å². The van der Waals surface area contributed by atoms with Crippen LogP contribution in [0.15, 0.2) is 24.5 Å². The lowest BCUT2D eigenvalue weighted by molar-refractivity contribution is 0.116. The molecule has 5 heteroatoms. The summed E-state index contributed by atoms with van der Waals surface area (Å²) in [6.07, 6.45) is 3.70. The number of carbonyl (C=O) groups is 1. The predicted molar refractivity (Wildman–Crippen MR) is 84.1 cm³/mol. The molecule has 0 saturated heterocycles. The number of carbonyl (C=O) groups excluding carboxylic acids is 1. The van der Waals surface area contributed by atoms with E-state index in [0.29, 0.717) is 19.5 Å². The van der Waals surface area contributed by atoms with E-state index in [-0.39, 0.29) is 23.5 Å². The Morgan fingerprint density at radius 2 is 1.90 bits per heavy atom. The number of aliphatic hydroxyl groups excluding tert-OH is 1. The van der Waals surface area contributed by atoms with Crippen LogP contribution >= 0.6 is 0 Å². The first-order chi connectivity index (χ1) is 9.83. The third-order valence-corrected chi connectivity index (χ3v) is 3.65. The smallest absolute Gasteiger partial charge is 0.314 e. The van der Waals surface area contributed by atoms with Crippen molar-refractivity contribution in [3.63, 3.8) is 0 Å². The first kappa shape index (κ1) is 17.4. The van der Waals surface area contributed by atoms with Crippen LogP contribution in [-0.4, -0.2) is 35.3 Å². The molecule has 0 aliphatic rings. The molecule has 118 valence electrons. The molecule has 0 aliphatic carbocycles. The van der Waals surface area contributed by atoms with E-state index in [1.54, 1.807) is 12.4 Å². The lowest BCUT2D eigenvalue weighted by Gasteiger charge is -2.25. The number of aromatic nitrogens is 1. The van der Waals surface area contributed by atoms with Crippen LogP contribution in [0.5, 0.6) is 0 Å². The number of amides is 2. The molecule has 0 aromatic carbocycles. The van der Waals surface area contributed by atoms with Gasteiger partial charge in [-0.1, -0.05) is 27.7 Å². The number of nitrogens with zero attached hydrogens (tertiary/aromatic N) is 1. The van der Waals surface area contributed by atoms with Crippen LogP contribution in [0.2, 0.25) is 0 Å². The molecule has 0 fully saturated rings. The Kier molecular flexibility index (Phi) is 6.62. The fraction of sp³-hybridized carbons (Fsp3) is 0.625. The van der Waals surface area contributed by atoms with Gasteiger partial charge in [0, 0.05) is 30.9 Å². The second-order valence-corrected chi connectivity index (χ2v) is 6.33. The number of hydrogen-bond donors (Lipinski definition) is 3. The summed E-state index contributed by atoms with van der Waals surface area (Å²) in [7, 11) is 0. The fourth-order valence-corrected chi connectivity index (χ4v) is 1.94. The SMILES string of the molecule is CC(C)C(O)CCNC(=O)NCC(C)(C)c1ccncc1. The molecule has 1 rings (SSSR count). The van der Waals surface area contributed by atoms with Gasteiger partial charge in [-0.15, -0.1) is 0 Å². The zero-order valence-corrected chi connectivity index (χ0v) is 13.4. The first-order valence-corrected chi connectivity index (χ1v) is 7.43. The average Bonchev–Trinajstić information content (AvgIpc) is 2.46. The second-order valence-electron chi connectivity index (χ2n) is 6.33. The number of nitrogens with one attached hydrogen (secondary N) is 2. The number of hydrogen-bond acceptors (Lipinski definition) is 3. The summed E-state index contributed by atoms with van der Waals surface area (Å²) in [4.78, 5) is 15.8. The summed E-state index contributed by atoms with van der Waals surface area (Å²) < 4.78 is 0. The minimum atomic E-state index is -0.376. The highest BCUT2D eigenvalue weighted by atomic mass is 16.3. The highest BCUT2D eigenvalue weighted by molar-refractivity contribution is 5.73. The number of pyridine rings is 1. The lowest BCUT2D eigenvalue weighted by atomic mass is 9.85. The van der Waals surface area contributed by atoms with Crippen LogP contribution in [0, 0.1) is 5.92 Å². The van der Waals surface area contributed by atoms with Crippen molar-refractivity contribution in [3.8, 4) is 0 Å². The Bertz CT molecular complexity index is 432. The Hall–Kier alpha value is -1.62. The Balaban J connectivity index is 2.33. The third-order valence-electron chi connectivity index (χ3n) is 3.65. The summed E-state index contributed by atoms with van der Waals surface area (Å²) >= 11 is 0. The van der Waals surface area contributed by atoms with Crippen molar-refractivity contribution in [1.29, 1.82) is 0 Å². The summed E-state index contributed by atoms with van der Waals surface area (Å²) in [6.45, 7) is 9.08. The van der Waals surface area contributed by atoms with Gasteiger partial charge in [0.05, 0.1) is 6.10 Å². The van der Waals surface area contributed by atoms with Crippen LogP contribution in [0.3, 0.4) is 0 Å². The molecule has 1 heterocycles. The van der Waals surface area contributed by atoms with E-state index in [2.05, 4.69) is 29.5 Å². The number of rotatable bonds is 7. The molecule has 0 aliphatic heterocycles. The van der Waals surface area contributed by atoms with E-state index < -0.39 is 0 Å². The average molecular weight is 293 g/mol. The molecule has 5 nitrogen and oxygen atoms in total. The van der Waals surface area contributed by atoms with Crippen molar-refractivity contribution in [2.24, 2.45) is 5.92 Å². The van der Waals surface area contributed by atoms with E-state index >= 15 is 0 Å². The first-order valence-electron chi connectivity index (χ1n) is 7.43. The zero-order chi connectivity index (χ0) is 15.9. The van der Waals surface area contributed by atoms with Crippen molar-refractivity contribution in [3.05, 3.63) is 30.1 Å². The van der Waals surface area contributed by atoms with Crippen LogP contribution in [0.4, 0.5) is 4.79 Å². The van der Waals surface area contributed by atoms with Crippen LogP contribution < -0.4 is 10.6 Å². The van der Waals surface area contributed by atoms with Gasteiger partial charge in [-0.3, -0.25) is 4.98 Å². The molecule has 1 aromatic rings. The monoisotopic (exact) mass is 293 g/mol. The van der Waals surface area contributed by atoms with Gasteiger partial charge in [-0.2, -0.15) is 0 Å². The van der Waals surface area contributed by atoms with Crippen molar-refractivity contribution in [2.75, 3.05) is 13.1 Å². The molecule has 21 heavy (non-hydrogen) atoms. The van der Waals surface area contributed by atoms with Gasteiger partial charge >= 0.3 is 6.03 Å². The Labute approximate surface area is 127 Å². The minimum absolute atomic E-state index is 0.155. The summed E-state index contributed by atoms with van der Waals surface area (Å²) in [5.74, 6) is 0.209. The van der Waals surface area contributed by atoms with E-state index in [0.717, 1.165) is 5.56 Å². The molecule has 0 spiro atoms. The highest BCUT2D eigenvalue weighted by Gasteiger charge is 2.21. The van der Waals surface area contributed by atoms with Crippen molar-refractivity contribution in [1.82, 2.24) is 15.6 Å². The zero-order valence-electron chi connectivity index (χ0n) is 13.4. The third kappa shape index (κ3) is 6.12. The maximum absolute atomic E-state index is 11.8. The molecule has 0 saturated carbocycles. The summed E-state index contributed by atoms with van der Waals surface area (Å²) in [5.41, 5.74) is 0.977. The van der Waals surface area contributed by atoms with Gasteiger partial charge in [-0.25, -0.2) is 4.79 Å². The molecular weight excluding hydrogens is 266 g/mol. The number of aliphatic hydroxyl groups is 1. The van der Waals surface area contributed by atoms with Crippen molar-refractivity contribution < 1.29 is 9.90 Å². The van der Waals surface area contributed by atoms with Crippen molar-refractivity contribution >= 4 is 6.03 Å².